The van der Waals surface area contributed by atoms with Crippen LogP contribution in [0.1, 0.15) is 12.8 Å². The fourth-order valence-electron chi connectivity index (χ4n) is 6.22. The van der Waals surface area contributed by atoms with Gasteiger partial charge in [-0.2, -0.15) is 0 Å². The van der Waals surface area contributed by atoms with Crippen LogP contribution in [0.5, 0.6) is 0 Å². The molecule has 6 saturated heterocycles. The van der Waals surface area contributed by atoms with Crippen molar-refractivity contribution < 1.29 is 161 Å². The van der Waals surface area contributed by atoms with E-state index in [9.17, 15) is 15.3 Å². The van der Waals surface area contributed by atoms with Crippen molar-refractivity contribution in [2.45, 2.75) is 84.0 Å². The summed E-state index contributed by atoms with van der Waals surface area (Å²) in [6.07, 6.45) is -0.997. The van der Waals surface area contributed by atoms with Gasteiger partial charge in [0, 0.05) is 151 Å². The molecule has 13 nitrogen and oxygen atoms in total. The molecule has 43 heavy (non-hydrogen) atoms. The summed E-state index contributed by atoms with van der Waals surface area (Å²) >= 11 is 0. The Bertz CT molecular complexity index is 864. The summed E-state index contributed by atoms with van der Waals surface area (Å²) in [4.78, 5) is 0. The number of aliphatic hydroxyl groups is 3. The Labute approximate surface area is 332 Å². The molecule has 12 unspecified atom stereocenters. The zero-order valence-electron chi connectivity index (χ0n) is 25.2. The third-order valence-corrected chi connectivity index (χ3v) is 8.51. The van der Waals surface area contributed by atoms with Crippen molar-refractivity contribution in [2.75, 3.05) is 68.1 Å². The van der Waals surface area contributed by atoms with Crippen LogP contribution < -0.4 is 0 Å². The van der Waals surface area contributed by atoms with E-state index in [1.807, 2.05) is 0 Å². The first-order valence-electron chi connectivity index (χ1n) is 13.3. The van der Waals surface area contributed by atoms with Gasteiger partial charge in [-0.3, -0.25) is 0 Å². The second kappa shape index (κ2) is 18.3. The SMILES string of the molecule is [B]C1OC(COC)C2(O)CCOC12.[B]C1OC(COC)C2(O)CCOC12OC.[B]C1OC(COC)C2(O)COC12.[Y].[Y].[Y]. The van der Waals surface area contributed by atoms with Gasteiger partial charge in [0.05, 0.1) is 45.6 Å². The molecule has 6 rings (SSSR count). The van der Waals surface area contributed by atoms with Crippen molar-refractivity contribution in [1.29, 1.82) is 0 Å². The molecule has 0 amide bonds. The van der Waals surface area contributed by atoms with E-state index in [1.54, 1.807) is 21.3 Å². The fourth-order valence-corrected chi connectivity index (χ4v) is 6.22. The molecular weight excluding hydrogens is 795 g/mol. The number of fused-ring (bicyclic) bond motifs is 3. The maximum absolute atomic E-state index is 10.5. The summed E-state index contributed by atoms with van der Waals surface area (Å²) < 4.78 is 51.9. The monoisotopic (exact) mass is 835 g/mol. The van der Waals surface area contributed by atoms with Crippen molar-refractivity contribution in [3.05, 3.63) is 0 Å². The minimum Gasteiger partial charge on any atom is -0.384 e. The maximum Gasteiger partial charge on any atom is 0.218 e. The Kier molecular flexibility index (Phi) is 18.7. The molecule has 9 radical (unpaired) electrons. The average Bonchev–Trinajstić information content (AvgIpc) is 3.62. The zero-order valence-corrected chi connectivity index (χ0v) is 33.7. The minimum atomic E-state index is -1.25. The van der Waals surface area contributed by atoms with Crippen LogP contribution in [0.4, 0.5) is 0 Å². The second-order valence-corrected chi connectivity index (χ2v) is 10.7. The van der Waals surface area contributed by atoms with E-state index in [1.165, 1.54) is 7.11 Å². The van der Waals surface area contributed by atoms with Crippen LogP contribution in [-0.4, -0.2) is 178 Å². The summed E-state index contributed by atoms with van der Waals surface area (Å²) in [7, 11) is 23.1. The van der Waals surface area contributed by atoms with Crippen LogP contribution in [0.15, 0.2) is 0 Å². The van der Waals surface area contributed by atoms with Crippen LogP contribution >= 0.6 is 0 Å². The molecule has 6 heterocycles. The van der Waals surface area contributed by atoms with E-state index in [0.29, 0.717) is 45.9 Å². The quantitative estimate of drug-likeness (QED) is 0.220. The molecular formula is C24H39B3O13Y3. The molecule has 6 aliphatic heterocycles. The Morgan fingerprint density at radius 3 is 1.65 bits per heavy atom. The topological polar surface area (TPSA) is 153 Å². The van der Waals surface area contributed by atoms with Gasteiger partial charge in [-0.1, -0.05) is 0 Å². The largest absolute Gasteiger partial charge is 0.384 e. The van der Waals surface area contributed by atoms with E-state index >= 15 is 0 Å². The Morgan fingerprint density at radius 1 is 0.674 bits per heavy atom. The number of methoxy groups -OCH3 is 4. The fraction of sp³-hybridized carbons (Fsp3) is 1.00. The summed E-state index contributed by atoms with van der Waals surface area (Å²) in [6, 6.07) is -1.85. The van der Waals surface area contributed by atoms with Gasteiger partial charge in [0.1, 0.15) is 65.3 Å². The molecule has 231 valence electrons. The molecule has 0 saturated carbocycles. The standard InChI is InChI=1S/C9H15BO5.C8H13BO4.C7H11BO4.3Y/c1-12-5-6-8(11)3-4-14-9(8,13-2)7(10)15-6;1-11-4-5-8(10)2-3-12-6(8)7(9)13-5;1-10-2-4-7(9)3-11-5(7)6(8)12-4;;;/h6-7,11H,3-5H2,1-2H3;5-7,10H,2-4H2,1H3;4-6,9H,2-3H2,1H3;;;. The predicted octanol–water partition coefficient (Wildman–Crippen LogP) is -3.28. The van der Waals surface area contributed by atoms with Crippen LogP contribution in [-0.2, 0) is 145 Å². The molecule has 3 N–H and O–H groups in total. The van der Waals surface area contributed by atoms with Crippen molar-refractivity contribution >= 4 is 23.5 Å². The number of hydrogen-bond donors (Lipinski definition) is 3. The third-order valence-electron chi connectivity index (χ3n) is 8.51. The Morgan fingerprint density at radius 2 is 1.19 bits per heavy atom. The first kappa shape index (κ1) is 44.0. The molecule has 19 heteroatoms. The number of rotatable bonds is 7. The smallest absolute Gasteiger partial charge is 0.218 e. The average molecular weight is 835 g/mol. The van der Waals surface area contributed by atoms with E-state index in [4.69, 9.17) is 70.9 Å². The summed E-state index contributed by atoms with van der Waals surface area (Å²) in [5.74, 6) is -1.25. The molecule has 12 atom stereocenters. The molecule has 6 fully saturated rings. The van der Waals surface area contributed by atoms with Crippen LogP contribution in [0.2, 0.25) is 0 Å². The van der Waals surface area contributed by atoms with Crippen molar-refractivity contribution in [2.24, 2.45) is 0 Å². The molecule has 0 spiro atoms. The van der Waals surface area contributed by atoms with Gasteiger partial charge >= 0.3 is 0 Å². The Balaban J connectivity index is 0.000000313. The summed E-state index contributed by atoms with van der Waals surface area (Å²) in [6.45, 7) is 2.20. The van der Waals surface area contributed by atoms with E-state index in [0.717, 1.165) is 0 Å². The van der Waals surface area contributed by atoms with Crippen molar-refractivity contribution in [3.8, 4) is 0 Å². The van der Waals surface area contributed by atoms with Crippen molar-refractivity contribution in [3.63, 3.8) is 0 Å². The van der Waals surface area contributed by atoms with Gasteiger partial charge in [0.2, 0.25) is 5.79 Å². The maximum atomic E-state index is 10.5. The molecule has 0 aromatic rings. The first-order valence-corrected chi connectivity index (χ1v) is 13.3. The number of ether oxygens (including phenoxy) is 10. The predicted molar refractivity (Wildman–Crippen MR) is 138 cm³/mol. The van der Waals surface area contributed by atoms with Crippen LogP contribution in [0, 0.1) is 0 Å². The van der Waals surface area contributed by atoms with Gasteiger partial charge in [-0.15, -0.1) is 0 Å². The van der Waals surface area contributed by atoms with Gasteiger partial charge < -0.3 is 62.7 Å². The molecule has 0 aliphatic carbocycles. The van der Waals surface area contributed by atoms with E-state index < -0.39 is 52.8 Å². The second-order valence-electron chi connectivity index (χ2n) is 10.7. The first-order chi connectivity index (χ1) is 19.0. The molecule has 0 aromatic heterocycles. The normalized spacial score (nSPS) is 46.7. The van der Waals surface area contributed by atoms with Gasteiger partial charge in [-0.25, -0.2) is 0 Å². The van der Waals surface area contributed by atoms with Crippen molar-refractivity contribution in [1.82, 2.24) is 0 Å². The molecule has 0 bridgehead atoms. The molecule has 0 aromatic carbocycles. The van der Waals surface area contributed by atoms with Gasteiger partial charge in [0.15, 0.2) is 5.60 Å². The van der Waals surface area contributed by atoms with Gasteiger partial charge in [0.25, 0.3) is 0 Å². The zero-order chi connectivity index (χ0) is 29.3. The Hall–Kier alpha value is 2.99. The molecule has 6 aliphatic rings. The minimum absolute atomic E-state index is 0. The number of hydrogen-bond acceptors (Lipinski definition) is 13. The van der Waals surface area contributed by atoms with Crippen LogP contribution in [0.25, 0.3) is 0 Å². The van der Waals surface area contributed by atoms with Crippen LogP contribution in [0.3, 0.4) is 0 Å². The van der Waals surface area contributed by atoms with Gasteiger partial charge in [-0.05, 0) is 0 Å². The third kappa shape index (κ3) is 8.15. The summed E-state index contributed by atoms with van der Waals surface area (Å²) in [5, 5.41) is 30.6. The summed E-state index contributed by atoms with van der Waals surface area (Å²) in [5.41, 5.74) is -3.10. The van der Waals surface area contributed by atoms with E-state index in [2.05, 4.69) is 0 Å². The van der Waals surface area contributed by atoms with E-state index in [-0.39, 0.29) is 123 Å².